The number of halogens is 2. The number of nitrogens with one attached hydrogen (secondary N) is 1. The number of H-pyrrole nitrogens is 1. The van der Waals surface area contributed by atoms with Crippen LogP contribution in [0, 0.1) is 11.6 Å². The monoisotopic (exact) mass is 390 g/mol. The minimum absolute atomic E-state index is 0.181. The van der Waals surface area contributed by atoms with Gasteiger partial charge >= 0.3 is 0 Å². The Hall–Kier alpha value is -2.98. The molecule has 0 bridgehead atoms. The van der Waals surface area contributed by atoms with Gasteiger partial charge in [0.1, 0.15) is 11.6 Å². The van der Waals surface area contributed by atoms with Crippen molar-refractivity contribution in [3.05, 3.63) is 107 Å². The molecular weight excluding hydrogens is 366 g/mol. The van der Waals surface area contributed by atoms with Crippen LogP contribution in [0.25, 0.3) is 10.9 Å². The van der Waals surface area contributed by atoms with Crippen LogP contribution < -0.4 is 0 Å². The van der Waals surface area contributed by atoms with Gasteiger partial charge in [-0.1, -0.05) is 60.7 Å². The summed E-state index contributed by atoms with van der Waals surface area (Å²) < 4.78 is 27.8. The first-order chi connectivity index (χ1) is 14.1. The molecule has 1 heterocycles. The van der Waals surface area contributed by atoms with Gasteiger partial charge in [-0.2, -0.15) is 0 Å². The fourth-order valence-corrected chi connectivity index (χ4v) is 3.83. The summed E-state index contributed by atoms with van der Waals surface area (Å²) in [7, 11) is 0. The Kier molecular flexibility index (Phi) is 5.72. The first-order valence-corrected chi connectivity index (χ1v) is 9.87. The predicted octanol–water partition coefficient (Wildman–Crippen LogP) is 6.08. The average Bonchev–Trinajstić information content (AvgIpc) is 3.12. The highest BCUT2D eigenvalue weighted by Crippen LogP contribution is 2.25. The van der Waals surface area contributed by atoms with Gasteiger partial charge in [-0.25, -0.2) is 8.78 Å². The van der Waals surface area contributed by atoms with Crippen molar-refractivity contribution in [2.75, 3.05) is 0 Å². The summed E-state index contributed by atoms with van der Waals surface area (Å²) in [6.45, 7) is 3.78. The van der Waals surface area contributed by atoms with Gasteiger partial charge in [0.05, 0.1) is 5.52 Å². The fraction of sp³-hybridized carbons (Fsp3) is 0.200. The van der Waals surface area contributed by atoms with Crippen LogP contribution >= 0.6 is 0 Å². The number of aromatic nitrogens is 1. The van der Waals surface area contributed by atoms with Gasteiger partial charge in [0, 0.05) is 36.8 Å². The minimum atomic E-state index is -0.552. The highest BCUT2D eigenvalue weighted by Gasteiger charge is 2.18. The molecule has 4 heteroatoms. The summed E-state index contributed by atoms with van der Waals surface area (Å²) in [5, 5.41) is 0.619. The summed E-state index contributed by atoms with van der Waals surface area (Å²) >= 11 is 0. The number of hydrogen-bond donors (Lipinski definition) is 1. The predicted molar refractivity (Wildman–Crippen MR) is 114 cm³/mol. The second-order valence-electron chi connectivity index (χ2n) is 7.55. The third-order valence-electron chi connectivity index (χ3n) is 5.39. The quantitative estimate of drug-likeness (QED) is 0.405. The lowest BCUT2D eigenvalue weighted by Crippen LogP contribution is -2.33. The highest BCUT2D eigenvalue weighted by molar-refractivity contribution is 5.83. The van der Waals surface area contributed by atoms with Gasteiger partial charge in [0.15, 0.2) is 0 Å². The van der Waals surface area contributed by atoms with E-state index in [1.54, 1.807) is 6.20 Å². The summed E-state index contributed by atoms with van der Waals surface area (Å²) in [6, 6.07) is 23.2. The molecule has 0 amide bonds. The fourth-order valence-electron chi connectivity index (χ4n) is 3.83. The van der Waals surface area contributed by atoms with Crippen LogP contribution in [0.5, 0.6) is 0 Å². The summed E-state index contributed by atoms with van der Waals surface area (Å²) in [5.74, 6) is -1.10. The molecule has 2 nitrogen and oxygen atoms in total. The maximum atomic E-state index is 14.0. The molecule has 0 saturated heterocycles. The molecule has 4 aromatic rings. The number of rotatable bonds is 7. The molecule has 29 heavy (non-hydrogen) atoms. The molecular formula is C25H24F2N2. The Labute approximate surface area is 169 Å². The third-order valence-corrected chi connectivity index (χ3v) is 5.39. The first-order valence-electron chi connectivity index (χ1n) is 9.87. The SMILES string of the molecule is CC(Cc1c[nH]c2c(F)cc(F)cc12)N(Cc1ccccc1)Cc1ccccc1. The second kappa shape index (κ2) is 8.58. The molecule has 1 atom stereocenters. The van der Waals surface area contributed by atoms with E-state index in [9.17, 15) is 8.78 Å². The van der Waals surface area contributed by atoms with Crippen molar-refractivity contribution in [2.45, 2.75) is 32.5 Å². The molecule has 0 aliphatic heterocycles. The molecule has 1 N–H and O–H groups in total. The van der Waals surface area contributed by atoms with Crippen LogP contribution in [0.4, 0.5) is 8.78 Å². The van der Waals surface area contributed by atoms with Gasteiger partial charge in [-0.05, 0) is 36.1 Å². The smallest absolute Gasteiger partial charge is 0.150 e. The maximum absolute atomic E-state index is 14.0. The van der Waals surface area contributed by atoms with Gasteiger partial charge in [-0.15, -0.1) is 0 Å². The molecule has 0 radical (unpaired) electrons. The van der Waals surface area contributed by atoms with Crippen LogP contribution in [-0.4, -0.2) is 15.9 Å². The van der Waals surface area contributed by atoms with Crippen LogP contribution in [0.3, 0.4) is 0 Å². The van der Waals surface area contributed by atoms with Crippen LogP contribution in [0.2, 0.25) is 0 Å². The molecule has 0 spiro atoms. The zero-order chi connectivity index (χ0) is 20.2. The van der Waals surface area contributed by atoms with Crippen molar-refractivity contribution >= 4 is 10.9 Å². The summed E-state index contributed by atoms with van der Waals surface area (Å²) in [6.07, 6.45) is 2.50. The van der Waals surface area contributed by atoms with Gasteiger partial charge in [0.25, 0.3) is 0 Å². The van der Waals surface area contributed by atoms with Crippen molar-refractivity contribution in [1.29, 1.82) is 0 Å². The highest BCUT2D eigenvalue weighted by atomic mass is 19.1. The van der Waals surface area contributed by atoms with E-state index >= 15 is 0 Å². The van der Waals surface area contributed by atoms with Crippen LogP contribution in [-0.2, 0) is 19.5 Å². The Morgan fingerprint density at radius 3 is 2.03 bits per heavy atom. The van der Waals surface area contributed by atoms with E-state index < -0.39 is 11.6 Å². The Bertz CT molecular complexity index is 1030. The molecule has 0 aliphatic carbocycles. The molecule has 0 fully saturated rings. The summed E-state index contributed by atoms with van der Waals surface area (Å²) in [4.78, 5) is 5.37. The van der Waals surface area contributed by atoms with Crippen molar-refractivity contribution in [3.8, 4) is 0 Å². The van der Waals surface area contributed by atoms with E-state index in [-0.39, 0.29) is 6.04 Å². The topological polar surface area (TPSA) is 19.0 Å². The van der Waals surface area contributed by atoms with E-state index in [2.05, 4.69) is 41.1 Å². The number of nitrogens with zero attached hydrogens (tertiary/aromatic N) is 1. The Balaban J connectivity index is 1.60. The lowest BCUT2D eigenvalue weighted by Gasteiger charge is -2.29. The minimum Gasteiger partial charge on any atom is -0.359 e. The average molecular weight is 390 g/mol. The van der Waals surface area contributed by atoms with Gasteiger partial charge < -0.3 is 4.98 Å². The Morgan fingerprint density at radius 1 is 0.862 bits per heavy atom. The number of hydrogen-bond acceptors (Lipinski definition) is 1. The number of fused-ring (bicyclic) bond motifs is 1. The van der Waals surface area contributed by atoms with Crippen LogP contribution in [0.15, 0.2) is 79.0 Å². The first kappa shape index (κ1) is 19.3. The molecule has 148 valence electrons. The largest absolute Gasteiger partial charge is 0.359 e. The van der Waals surface area contributed by atoms with Crippen molar-refractivity contribution in [1.82, 2.24) is 9.88 Å². The van der Waals surface area contributed by atoms with Crippen molar-refractivity contribution in [3.63, 3.8) is 0 Å². The zero-order valence-electron chi connectivity index (χ0n) is 16.4. The van der Waals surface area contributed by atoms with Crippen molar-refractivity contribution in [2.24, 2.45) is 0 Å². The molecule has 4 rings (SSSR count). The lowest BCUT2D eigenvalue weighted by molar-refractivity contribution is 0.189. The number of aromatic amines is 1. The van der Waals surface area contributed by atoms with E-state index in [1.165, 1.54) is 17.2 Å². The normalized spacial score (nSPS) is 12.6. The van der Waals surface area contributed by atoms with E-state index in [0.29, 0.717) is 17.3 Å². The lowest BCUT2D eigenvalue weighted by atomic mass is 10.0. The molecule has 1 aromatic heterocycles. The molecule has 1 unspecified atom stereocenters. The van der Waals surface area contributed by atoms with Crippen molar-refractivity contribution < 1.29 is 8.78 Å². The standard InChI is InChI=1S/C25H24F2N2/c1-18(12-21-15-28-25-23(21)13-22(26)14-24(25)27)29(16-19-8-4-2-5-9-19)17-20-10-6-3-7-11-20/h2-11,13-15,18,28H,12,16-17H2,1H3. The molecule has 0 saturated carbocycles. The van der Waals surface area contributed by atoms with E-state index in [1.807, 2.05) is 36.4 Å². The van der Waals surface area contributed by atoms with Gasteiger partial charge in [-0.3, -0.25) is 4.90 Å². The Morgan fingerprint density at radius 2 is 1.45 bits per heavy atom. The third kappa shape index (κ3) is 4.54. The van der Waals surface area contributed by atoms with E-state index in [0.717, 1.165) is 24.7 Å². The maximum Gasteiger partial charge on any atom is 0.150 e. The molecule has 3 aromatic carbocycles. The molecule has 0 aliphatic rings. The summed E-state index contributed by atoms with van der Waals surface area (Å²) in [5.41, 5.74) is 3.78. The van der Waals surface area contributed by atoms with Crippen LogP contribution in [0.1, 0.15) is 23.6 Å². The van der Waals surface area contributed by atoms with Gasteiger partial charge in [0.2, 0.25) is 0 Å². The zero-order valence-corrected chi connectivity index (χ0v) is 16.4. The number of benzene rings is 3. The van der Waals surface area contributed by atoms with E-state index in [4.69, 9.17) is 0 Å². The second-order valence-corrected chi connectivity index (χ2v) is 7.55.